The maximum absolute atomic E-state index is 10.3. The van der Waals surface area contributed by atoms with Gasteiger partial charge in [-0.05, 0) is 12.1 Å². The molecule has 1 aliphatic carbocycles. The second-order valence-electron chi connectivity index (χ2n) is 3.98. The van der Waals surface area contributed by atoms with E-state index in [1.807, 2.05) is 24.3 Å². The van der Waals surface area contributed by atoms with Gasteiger partial charge in [-0.1, -0.05) is 12.1 Å². The zero-order valence-corrected chi connectivity index (χ0v) is 9.37. The predicted octanol–water partition coefficient (Wildman–Crippen LogP) is 1.88. The smallest absolute Gasteiger partial charge is 0.114 e. The molecule has 0 bridgehead atoms. The normalized spacial score (nSPS) is 21.8. The van der Waals surface area contributed by atoms with Crippen LogP contribution >= 0.6 is 0 Å². The Morgan fingerprint density at radius 1 is 1.06 bits per heavy atom. The first-order valence-electron chi connectivity index (χ1n) is 5.44. The fraction of sp³-hybridized carbons (Fsp3) is 0.231. The molecule has 4 nitrogen and oxygen atoms in total. The summed E-state index contributed by atoms with van der Waals surface area (Å²) in [5, 5.41) is 10.3. The minimum absolute atomic E-state index is 0.379. The second kappa shape index (κ2) is 3.91. The fourth-order valence-corrected chi connectivity index (χ4v) is 2.29. The Labute approximate surface area is 98.9 Å². The molecule has 0 saturated carbocycles. The Morgan fingerprint density at radius 3 is 2.29 bits per heavy atom. The average Bonchev–Trinajstić information content (AvgIpc) is 2.40. The molecule has 3 rings (SSSR count). The summed E-state index contributed by atoms with van der Waals surface area (Å²) in [5.74, 6) is 0. The third-order valence-electron chi connectivity index (χ3n) is 3.07. The van der Waals surface area contributed by atoms with Gasteiger partial charge < -0.3 is 9.84 Å². The van der Waals surface area contributed by atoms with Gasteiger partial charge in [0.2, 0.25) is 0 Å². The SMILES string of the molecule is CO[C@@H]1c2cccnc2-c2ncccc2[C@H]1O. The van der Waals surface area contributed by atoms with E-state index in [9.17, 15) is 5.11 Å². The number of aromatic nitrogens is 2. The number of rotatable bonds is 1. The lowest BCUT2D eigenvalue weighted by Crippen LogP contribution is -2.20. The molecule has 1 aliphatic rings. The first kappa shape index (κ1) is 10.4. The quantitative estimate of drug-likeness (QED) is 0.809. The van der Waals surface area contributed by atoms with E-state index in [1.165, 1.54) is 0 Å². The molecule has 2 atom stereocenters. The minimum atomic E-state index is -0.694. The van der Waals surface area contributed by atoms with E-state index in [0.717, 1.165) is 22.5 Å². The maximum Gasteiger partial charge on any atom is 0.114 e. The number of hydrogen-bond donors (Lipinski definition) is 1. The number of nitrogens with zero attached hydrogens (tertiary/aromatic N) is 2. The number of pyridine rings is 2. The second-order valence-corrected chi connectivity index (χ2v) is 3.98. The van der Waals surface area contributed by atoms with Crippen LogP contribution in [0.5, 0.6) is 0 Å². The van der Waals surface area contributed by atoms with Crippen molar-refractivity contribution in [1.29, 1.82) is 0 Å². The highest BCUT2D eigenvalue weighted by Crippen LogP contribution is 2.43. The highest BCUT2D eigenvalue weighted by atomic mass is 16.5. The number of aliphatic hydroxyl groups excluding tert-OH is 1. The molecule has 0 fully saturated rings. The van der Waals surface area contributed by atoms with E-state index in [-0.39, 0.29) is 6.10 Å². The minimum Gasteiger partial charge on any atom is -0.385 e. The average molecular weight is 228 g/mol. The molecule has 0 unspecified atom stereocenters. The number of fused-ring (bicyclic) bond motifs is 3. The molecule has 0 radical (unpaired) electrons. The van der Waals surface area contributed by atoms with Crippen LogP contribution in [-0.4, -0.2) is 22.2 Å². The fourth-order valence-electron chi connectivity index (χ4n) is 2.29. The van der Waals surface area contributed by atoms with Gasteiger partial charge in [0.1, 0.15) is 12.2 Å². The molecule has 0 spiro atoms. The molecule has 17 heavy (non-hydrogen) atoms. The number of hydrogen-bond acceptors (Lipinski definition) is 4. The third-order valence-corrected chi connectivity index (χ3v) is 3.07. The van der Waals surface area contributed by atoms with Gasteiger partial charge in [0.15, 0.2) is 0 Å². The Morgan fingerprint density at radius 2 is 1.65 bits per heavy atom. The molecule has 4 heteroatoms. The monoisotopic (exact) mass is 228 g/mol. The van der Waals surface area contributed by atoms with Gasteiger partial charge in [-0.2, -0.15) is 0 Å². The molecule has 2 aromatic heterocycles. The molecule has 0 saturated heterocycles. The predicted molar refractivity (Wildman–Crippen MR) is 62.2 cm³/mol. The van der Waals surface area contributed by atoms with Crippen LogP contribution in [0.1, 0.15) is 23.3 Å². The molecule has 2 aromatic rings. The highest BCUT2D eigenvalue weighted by Gasteiger charge is 2.33. The number of aliphatic hydroxyl groups is 1. The molecule has 2 heterocycles. The van der Waals surface area contributed by atoms with Crippen LogP contribution in [0.2, 0.25) is 0 Å². The summed E-state index contributed by atoms with van der Waals surface area (Å²) in [6.07, 6.45) is 2.36. The molecular weight excluding hydrogens is 216 g/mol. The Balaban J connectivity index is 2.29. The summed E-state index contributed by atoms with van der Waals surface area (Å²) in [7, 11) is 1.59. The Bertz CT molecular complexity index is 557. The van der Waals surface area contributed by atoms with Crippen molar-refractivity contribution in [3.8, 4) is 11.4 Å². The summed E-state index contributed by atoms with van der Waals surface area (Å²) >= 11 is 0. The van der Waals surface area contributed by atoms with E-state index in [4.69, 9.17) is 4.74 Å². The van der Waals surface area contributed by atoms with Crippen molar-refractivity contribution in [3.05, 3.63) is 47.8 Å². The van der Waals surface area contributed by atoms with Gasteiger partial charge in [0, 0.05) is 30.6 Å². The largest absolute Gasteiger partial charge is 0.385 e. The van der Waals surface area contributed by atoms with E-state index in [0.29, 0.717) is 0 Å². The molecular formula is C13H12N2O2. The Hall–Kier alpha value is -1.78. The van der Waals surface area contributed by atoms with Crippen molar-refractivity contribution in [1.82, 2.24) is 9.97 Å². The van der Waals surface area contributed by atoms with Crippen LogP contribution in [-0.2, 0) is 4.74 Å². The highest BCUT2D eigenvalue weighted by molar-refractivity contribution is 5.66. The van der Waals surface area contributed by atoms with Crippen molar-refractivity contribution >= 4 is 0 Å². The molecule has 1 N–H and O–H groups in total. The summed E-state index contributed by atoms with van der Waals surface area (Å²) in [4.78, 5) is 8.64. The zero-order valence-electron chi connectivity index (χ0n) is 9.37. The van der Waals surface area contributed by atoms with Crippen LogP contribution in [0, 0.1) is 0 Å². The molecule has 0 aliphatic heterocycles. The lowest BCUT2D eigenvalue weighted by molar-refractivity contribution is -0.0166. The molecule has 0 aromatic carbocycles. The van der Waals surface area contributed by atoms with Gasteiger partial charge in [-0.25, -0.2) is 0 Å². The van der Waals surface area contributed by atoms with Gasteiger partial charge >= 0.3 is 0 Å². The van der Waals surface area contributed by atoms with Crippen molar-refractivity contribution in [2.24, 2.45) is 0 Å². The third kappa shape index (κ3) is 1.45. The van der Waals surface area contributed by atoms with Gasteiger partial charge in [0.05, 0.1) is 11.4 Å². The van der Waals surface area contributed by atoms with E-state index in [2.05, 4.69) is 9.97 Å². The van der Waals surface area contributed by atoms with Crippen LogP contribution in [0.4, 0.5) is 0 Å². The summed E-state index contributed by atoms with van der Waals surface area (Å²) in [6.45, 7) is 0. The summed E-state index contributed by atoms with van der Waals surface area (Å²) in [6, 6.07) is 7.42. The van der Waals surface area contributed by atoms with Crippen molar-refractivity contribution in [2.75, 3.05) is 7.11 Å². The maximum atomic E-state index is 10.3. The van der Waals surface area contributed by atoms with Crippen molar-refractivity contribution in [3.63, 3.8) is 0 Å². The Kier molecular flexibility index (Phi) is 2.39. The summed E-state index contributed by atoms with van der Waals surface area (Å²) in [5.41, 5.74) is 3.18. The zero-order chi connectivity index (χ0) is 11.8. The first-order valence-corrected chi connectivity index (χ1v) is 5.44. The topological polar surface area (TPSA) is 55.2 Å². The number of ether oxygens (including phenoxy) is 1. The lowest BCUT2D eigenvalue weighted by Gasteiger charge is -2.29. The van der Waals surface area contributed by atoms with Crippen LogP contribution in [0.3, 0.4) is 0 Å². The van der Waals surface area contributed by atoms with E-state index < -0.39 is 6.10 Å². The van der Waals surface area contributed by atoms with Crippen LogP contribution in [0.15, 0.2) is 36.7 Å². The molecule has 86 valence electrons. The molecule has 0 amide bonds. The first-order chi connectivity index (χ1) is 8.33. The van der Waals surface area contributed by atoms with Crippen molar-refractivity contribution < 1.29 is 9.84 Å². The van der Waals surface area contributed by atoms with Crippen LogP contribution in [0.25, 0.3) is 11.4 Å². The number of methoxy groups -OCH3 is 1. The van der Waals surface area contributed by atoms with Gasteiger partial charge in [-0.15, -0.1) is 0 Å². The van der Waals surface area contributed by atoms with Crippen LogP contribution < -0.4 is 0 Å². The lowest BCUT2D eigenvalue weighted by atomic mass is 9.88. The standard InChI is InChI=1S/C13H12N2O2/c1-17-13-9-5-3-7-15-11(9)10-8(12(13)16)4-2-6-14-10/h2-7,12-13,16H,1H3/t12-,13-/m1/s1. The van der Waals surface area contributed by atoms with Gasteiger partial charge in [-0.3, -0.25) is 9.97 Å². The van der Waals surface area contributed by atoms with Crippen molar-refractivity contribution in [2.45, 2.75) is 12.2 Å². The van der Waals surface area contributed by atoms with E-state index >= 15 is 0 Å². The summed E-state index contributed by atoms with van der Waals surface area (Å²) < 4.78 is 5.37. The van der Waals surface area contributed by atoms with Gasteiger partial charge in [0.25, 0.3) is 0 Å². The van der Waals surface area contributed by atoms with E-state index in [1.54, 1.807) is 19.5 Å².